The average molecular weight is 135 g/mol. The van der Waals surface area contributed by atoms with Gasteiger partial charge in [-0.1, -0.05) is 4.98 Å². The Kier molecular flexibility index (Phi) is 1.38. The summed E-state index contributed by atoms with van der Waals surface area (Å²) < 4.78 is 0. The van der Waals surface area contributed by atoms with Gasteiger partial charge in [-0.3, -0.25) is 0 Å². The van der Waals surface area contributed by atoms with Crippen LogP contribution in [0.3, 0.4) is 0 Å². The molecular weight excluding hydrogens is 124 g/mol. The fourth-order valence-electron chi connectivity index (χ4n) is 1.06. The van der Waals surface area contributed by atoms with Crippen molar-refractivity contribution >= 4 is 0 Å². The van der Waals surface area contributed by atoms with E-state index < -0.39 is 0 Å². The molecule has 0 unspecified atom stereocenters. The smallest absolute Gasteiger partial charge is 0.248 e. The van der Waals surface area contributed by atoms with E-state index in [1.165, 1.54) is 12.8 Å². The Balaban J connectivity index is 2.03. The minimum absolute atomic E-state index is 0.922. The molecule has 0 amide bonds. The highest BCUT2D eigenvalue weighted by Crippen LogP contribution is 2.30. The normalized spacial score (nSPS) is 17.2. The van der Waals surface area contributed by atoms with Crippen LogP contribution >= 0.6 is 0 Å². The highest BCUT2D eigenvalue weighted by Gasteiger charge is 2.24. The van der Waals surface area contributed by atoms with E-state index in [0.717, 1.165) is 18.2 Å². The summed E-state index contributed by atoms with van der Waals surface area (Å²) in [7, 11) is 0. The first-order valence-electron chi connectivity index (χ1n) is 3.77. The number of nitrogens with zero attached hydrogens (tertiary/aromatic N) is 1. The molecule has 1 heterocycles. The van der Waals surface area contributed by atoms with Gasteiger partial charge in [0.25, 0.3) is 5.82 Å². The molecular formula is C8H11N2+. The topological polar surface area (TPSA) is 27.0 Å². The van der Waals surface area contributed by atoms with Crippen molar-refractivity contribution in [2.24, 2.45) is 5.92 Å². The molecule has 52 valence electrons. The Hall–Kier alpha value is -0.920. The van der Waals surface area contributed by atoms with Crippen LogP contribution in [-0.4, -0.2) is 4.98 Å². The Labute approximate surface area is 60.3 Å². The molecule has 1 N–H and O–H groups in total. The number of hydrogen-bond donors (Lipinski definition) is 0. The van der Waals surface area contributed by atoms with Gasteiger partial charge in [0.1, 0.15) is 6.20 Å². The first kappa shape index (κ1) is 5.83. The first-order valence-corrected chi connectivity index (χ1v) is 3.77. The molecule has 1 aromatic heterocycles. The largest absolute Gasteiger partial charge is 0.296 e. The van der Waals surface area contributed by atoms with Gasteiger partial charge in [-0.25, -0.2) is 4.98 Å². The lowest BCUT2D eigenvalue weighted by Crippen LogP contribution is -2.12. The molecule has 10 heavy (non-hydrogen) atoms. The number of aromatic nitrogens is 2. The third-order valence-corrected chi connectivity index (χ3v) is 1.84. The maximum absolute atomic E-state index is 4.20. The van der Waals surface area contributed by atoms with E-state index in [0.29, 0.717) is 0 Å². The van der Waals surface area contributed by atoms with E-state index >= 15 is 0 Å². The number of rotatable bonds is 2. The van der Waals surface area contributed by atoms with E-state index in [4.69, 9.17) is 0 Å². The molecule has 2 rings (SSSR count). The van der Waals surface area contributed by atoms with Gasteiger partial charge < -0.3 is 0 Å². The number of hydrogen-bond acceptors (Lipinski definition) is 1. The zero-order valence-electron chi connectivity index (χ0n) is 5.88. The standard InChI is InChI=1S/C8H10N2/c1-4-9-8(10-5-1)6-7-2-3-7/h1,4-5,7H,2-3,6H2/p+1. The molecule has 2 heteroatoms. The molecule has 0 spiro atoms. The highest BCUT2D eigenvalue weighted by molar-refractivity contribution is 4.86. The molecule has 0 aromatic carbocycles. The van der Waals surface area contributed by atoms with Gasteiger partial charge >= 0.3 is 0 Å². The predicted molar refractivity (Wildman–Crippen MR) is 37.2 cm³/mol. The van der Waals surface area contributed by atoms with Crippen molar-refractivity contribution in [3.63, 3.8) is 0 Å². The van der Waals surface area contributed by atoms with Crippen molar-refractivity contribution in [3.8, 4) is 0 Å². The molecule has 1 aliphatic carbocycles. The van der Waals surface area contributed by atoms with E-state index in [1.807, 2.05) is 18.5 Å². The van der Waals surface area contributed by atoms with Gasteiger partial charge in [-0.2, -0.15) is 0 Å². The number of H-pyrrole nitrogens is 1. The van der Waals surface area contributed by atoms with Crippen LogP contribution in [0.1, 0.15) is 18.7 Å². The maximum atomic E-state index is 4.20. The zero-order valence-corrected chi connectivity index (χ0v) is 5.88. The second-order valence-electron chi connectivity index (χ2n) is 2.88. The number of nitrogens with one attached hydrogen (secondary N) is 1. The predicted octanol–water partition coefficient (Wildman–Crippen LogP) is 0.848. The molecule has 1 saturated carbocycles. The second-order valence-corrected chi connectivity index (χ2v) is 2.88. The van der Waals surface area contributed by atoms with Crippen molar-refractivity contribution in [1.29, 1.82) is 0 Å². The summed E-state index contributed by atoms with van der Waals surface area (Å²) in [5.74, 6) is 2.05. The van der Waals surface area contributed by atoms with Crippen molar-refractivity contribution < 1.29 is 4.98 Å². The Bertz CT molecular complexity index is 204. The lowest BCUT2D eigenvalue weighted by atomic mass is 10.3. The summed E-state index contributed by atoms with van der Waals surface area (Å²) in [6.45, 7) is 0. The van der Waals surface area contributed by atoms with Crippen molar-refractivity contribution in [2.45, 2.75) is 19.3 Å². The van der Waals surface area contributed by atoms with Crippen LogP contribution in [0.2, 0.25) is 0 Å². The van der Waals surface area contributed by atoms with Crippen LogP contribution in [-0.2, 0) is 6.42 Å². The SMILES string of the molecule is c1cnc(CC2CC2)[nH+]c1. The van der Waals surface area contributed by atoms with Crippen molar-refractivity contribution in [1.82, 2.24) is 4.98 Å². The van der Waals surface area contributed by atoms with Crippen LogP contribution in [0.25, 0.3) is 0 Å². The highest BCUT2D eigenvalue weighted by atomic mass is 14.8. The molecule has 0 aliphatic heterocycles. The van der Waals surface area contributed by atoms with Crippen LogP contribution in [0.4, 0.5) is 0 Å². The van der Waals surface area contributed by atoms with E-state index in [1.54, 1.807) is 0 Å². The second kappa shape index (κ2) is 2.37. The van der Waals surface area contributed by atoms with Gasteiger partial charge in [0.05, 0.1) is 12.6 Å². The summed E-state index contributed by atoms with van der Waals surface area (Å²) in [6, 6.07) is 1.91. The molecule has 0 atom stereocenters. The quantitative estimate of drug-likeness (QED) is 0.590. The Morgan fingerprint density at radius 1 is 1.60 bits per heavy atom. The van der Waals surface area contributed by atoms with Crippen LogP contribution in [0, 0.1) is 5.92 Å². The monoisotopic (exact) mass is 135 g/mol. The van der Waals surface area contributed by atoms with Crippen molar-refractivity contribution in [3.05, 3.63) is 24.3 Å². The minimum Gasteiger partial charge on any atom is -0.248 e. The van der Waals surface area contributed by atoms with Gasteiger partial charge in [-0.05, 0) is 18.8 Å². The van der Waals surface area contributed by atoms with Crippen LogP contribution < -0.4 is 4.98 Å². The first-order chi connectivity index (χ1) is 4.95. The molecule has 0 bridgehead atoms. The van der Waals surface area contributed by atoms with Gasteiger partial charge in [0.2, 0.25) is 0 Å². The summed E-state index contributed by atoms with van der Waals surface area (Å²) >= 11 is 0. The van der Waals surface area contributed by atoms with Crippen LogP contribution in [0.5, 0.6) is 0 Å². The third-order valence-electron chi connectivity index (χ3n) is 1.84. The fraction of sp³-hybridized carbons (Fsp3) is 0.500. The molecule has 2 nitrogen and oxygen atoms in total. The molecule has 1 aromatic rings. The average Bonchev–Trinajstić information content (AvgIpc) is 2.74. The summed E-state index contributed by atoms with van der Waals surface area (Å²) in [5.41, 5.74) is 0. The van der Waals surface area contributed by atoms with E-state index in [9.17, 15) is 0 Å². The van der Waals surface area contributed by atoms with Gasteiger partial charge in [0, 0.05) is 6.07 Å². The maximum Gasteiger partial charge on any atom is 0.296 e. The molecule has 1 aliphatic rings. The molecule has 1 fully saturated rings. The lowest BCUT2D eigenvalue weighted by Gasteiger charge is -1.85. The van der Waals surface area contributed by atoms with E-state index in [-0.39, 0.29) is 0 Å². The fourth-order valence-corrected chi connectivity index (χ4v) is 1.06. The Morgan fingerprint density at radius 2 is 2.50 bits per heavy atom. The zero-order chi connectivity index (χ0) is 6.81. The molecule has 0 radical (unpaired) electrons. The summed E-state index contributed by atoms with van der Waals surface area (Å²) in [5, 5.41) is 0. The van der Waals surface area contributed by atoms with Gasteiger partial charge in [-0.15, -0.1) is 0 Å². The summed E-state index contributed by atoms with van der Waals surface area (Å²) in [6.07, 6.45) is 7.70. The third kappa shape index (κ3) is 1.32. The number of aromatic amines is 1. The lowest BCUT2D eigenvalue weighted by molar-refractivity contribution is -0.396. The molecule has 0 saturated heterocycles. The van der Waals surface area contributed by atoms with Gasteiger partial charge in [0.15, 0.2) is 0 Å². The van der Waals surface area contributed by atoms with E-state index in [2.05, 4.69) is 9.97 Å². The Morgan fingerprint density at radius 3 is 3.10 bits per heavy atom. The van der Waals surface area contributed by atoms with Crippen molar-refractivity contribution in [2.75, 3.05) is 0 Å². The van der Waals surface area contributed by atoms with Crippen LogP contribution in [0.15, 0.2) is 18.5 Å². The minimum atomic E-state index is 0.922. The summed E-state index contributed by atoms with van der Waals surface area (Å²) in [4.78, 5) is 7.33.